The van der Waals surface area contributed by atoms with E-state index in [-0.39, 0.29) is 5.79 Å². The molecule has 0 aliphatic carbocycles. The summed E-state index contributed by atoms with van der Waals surface area (Å²) in [5, 5.41) is 0. The van der Waals surface area contributed by atoms with Crippen molar-refractivity contribution in [2.75, 3.05) is 13.2 Å². The van der Waals surface area contributed by atoms with Crippen molar-refractivity contribution in [1.82, 2.24) is 0 Å². The number of unbranched alkanes of at least 4 members (excludes halogenated alkanes) is 2. The molecule has 2 heteroatoms. The third kappa shape index (κ3) is 6.39. The highest BCUT2D eigenvalue weighted by molar-refractivity contribution is 4.60. The van der Waals surface area contributed by atoms with Crippen LogP contribution >= 0.6 is 0 Å². The van der Waals surface area contributed by atoms with E-state index < -0.39 is 0 Å². The quantitative estimate of drug-likeness (QED) is 0.419. The van der Waals surface area contributed by atoms with E-state index in [0.717, 1.165) is 32.5 Å². The summed E-state index contributed by atoms with van der Waals surface area (Å²) >= 11 is 0. The summed E-state index contributed by atoms with van der Waals surface area (Å²) in [4.78, 5) is 0. The smallest absolute Gasteiger partial charge is 0.165 e. The van der Waals surface area contributed by atoms with Crippen molar-refractivity contribution in [1.29, 1.82) is 0 Å². The maximum absolute atomic E-state index is 5.74. The van der Waals surface area contributed by atoms with Crippen LogP contribution in [0.25, 0.3) is 0 Å². The Kier molecular flexibility index (Phi) is 8.20. The molecule has 0 amide bonds. The summed E-state index contributed by atoms with van der Waals surface area (Å²) in [6.07, 6.45) is 5.50. The van der Waals surface area contributed by atoms with Gasteiger partial charge in [0, 0.05) is 13.2 Å². The molecular weight excluding hydrogens is 176 g/mol. The van der Waals surface area contributed by atoms with Gasteiger partial charge in [-0.05, 0) is 26.2 Å². The molecule has 2 nitrogen and oxygen atoms in total. The van der Waals surface area contributed by atoms with Crippen LogP contribution in [-0.4, -0.2) is 19.0 Å². The molecule has 0 aromatic carbocycles. The molecule has 0 rings (SSSR count). The topological polar surface area (TPSA) is 18.5 Å². The maximum Gasteiger partial charge on any atom is 0.165 e. The van der Waals surface area contributed by atoms with E-state index in [0.29, 0.717) is 0 Å². The summed E-state index contributed by atoms with van der Waals surface area (Å²) < 4.78 is 11.5. The second-order valence-electron chi connectivity index (χ2n) is 3.89. The summed E-state index contributed by atoms with van der Waals surface area (Å²) in [5.41, 5.74) is 0. The van der Waals surface area contributed by atoms with Crippen molar-refractivity contribution in [3.05, 3.63) is 0 Å². The molecular formula is C12H26O2. The number of rotatable bonds is 9. The van der Waals surface area contributed by atoms with Crippen LogP contribution in [0.4, 0.5) is 0 Å². The number of hydrogen-bond donors (Lipinski definition) is 0. The first-order valence-electron chi connectivity index (χ1n) is 5.96. The minimum atomic E-state index is -0.357. The minimum Gasteiger partial charge on any atom is -0.350 e. The lowest BCUT2D eigenvalue weighted by atomic mass is 10.2. The molecule has 0 aromatic heterocycles. The third-order valence-electron chi connectivity index (χ3n) is 2.45. The second kappa shape index (κ2) is 8.25. The summed E-state index contributed by atoms with van der Waals surface area (Å²) in [6.45, 7) is 10.1. The van der Waals surface area contributed by atoms with Gasteiger partial charge in [0.1, 0.15) is 0 Å². The zero-order valence-corrected chi connectivity index (χ0v) is 10.3. The van der Waals surface area contributed by atoms with Gasteiger partial charge in [0.05, 0.1) is 0 Å². The second-order valence-corrected chi connectivity index (χ2v) is 3.89. The largest absolute Gasteiger partial charge is 0.350 e. The van der Waals surface area contributed by atoms with Crippen LogP contribution in [0.2, 0.25) is 0 Å². The molecule has 0 aliphatic rings. The minimum absolute atomic E-state index is 0.357. The monoisotopic (exact) mass is 202 g/mol. The van der Waals surface area contributed by atoms with E-state index in [1.54, 1.807) is 0 Å². The fourth-order valence-corrected chi connectivity index (χ4v) is 1.11. The van der Waals surface area contributed by atoms with Crippen molar-refractivity contribution >= 4 is 0 Å². The van der Waals surface area contributed by atoms with Gasteiger partial charge in [-0.2, -0.15) is 0 Å². The molecule has 0 saturated heterocycles. The van der Waals surface area contributed by atoms with Gasteiger partial charge in [0.15, 0.2) is 5.79 Å². The van der Waals surface area contributed by atoms with Gasteiger partial charge in [-0.3, -0.25) is 0 Å². The summed E-state index contributed by atoms with van der Waals surface area (Å²) in [7, 11) is 0. The first-order valence-corrected chi connectivity index (χ1v) is 5.96. The van der Waals surface area contributed by atoms with E-state index in [1.807, 2.05) is 6.92 Å². The molecule has 0 atom stereocenters. The zero-order valence-electron chi connectivity index (χ0n) is 10.3. The van der Waals surface area contributed by atoms with Gasteiger partial charge in [-0.15, -0.1) is 0 Å². The Bertz CT molecular complexity index is 113. The van der Waals surface area contributed by atoms with Crippen LogP contribution in [0.3, 0.4) is 0 Å². The number of hydrogen-bond acceptors (Lipinski definition) is 2. The Morgan fingerprint density at radius 3 is 1.57 bits per heavy atom. The van der Waals surface area contributed by atoms with E-state index in [4.69, 9.17) is 9.47 Å². The Morgan fingerprint density at radius 2 is 1.29 bits per heavy atom. The van der Waals surface area contributed by atoms with Crippen LogP contribution in [0, 0.1) is 0 Å². The average molecular weight is 202 g/mol. The van der Waals surface area contributed by atoms with Crippen LogP contribution in [-0.2, 0) is 9.47 Å². The lowest BCUT2D eigenvalue weighted by Gasteiger charge is -2.28. The predicted octanol–water partition coefficient (Wildman–Crippen LogP) is 3.75. The van der Waals surface area contributed by atoms with Gasteiger partial charge in [0.25, 0.3) is 0 Å². The fraction of sp³-hybridized carbons (Fsp3) is 1.00. The van der Waals surface area contributed by atoms with E-state index in [9.17, 15) is 0 Å². The van der Waals surface area contributed by atoms with Gasteiger partial charge in [-0.1, -0.05) is 33.6 Å². The predicted molar refractivity (Wildman–Crippen MR) is 60.4 cm³/mol. The Balaban J connectivity index is 3.67. The van der Waals surface area contributed by atoms with Crippen molar-refractivity contribution in [3.63, 3.8) is 0 Å². The lowest BCUT2D eigenvalue weighted by Crippen LogP contribution is -2.32. The average Bonchev–Trinajstić information content (AvgIpc) is 2.19. The summed E-state index contributed by atoms with van der Waals surface area (Å²) in [5.74, 6) is -0.357. The van der Waals surface area contributed by atoms with Crippen molar-refractivity contribution < 1.29 is 9.47 Å². The van der Waals surface area contributed by atoms with E-state index >= 15 is 0 Å². The molecule has 0 heterocycles. The highest BCUT2D eigenvalue weighted by Crippen LogP contribution is 2.18. The molecule has 0 N–H and O–H groups in total. The molecule has 86 valence electrons. The Labute approximate surface area is 89.0 Å². The van der Waals surface area contributed by atoms with Gasteiger partial charge >= 0.3 is 0 Å². The zero-order chi connectivity index (χ0) is 10.9. The van der Waals surface area contributed by atoms with Crippen LogP contribution in [0.1, 0.15) is 59.8 Å². The molecule has 0 saturated carbocycles. The highest BCUT2D eigenvalue weighted by atomic mass is 16.7. The molecule has 0 fully saturated rings. The van der Waals surface area contributed by atoms with E-state index in [1.165, 1.54) is 12.8 Å². The molecule has 0 unspecified atom stereocenters. The molecule has 0 aliphatic heterocycles. The Hall–Kier alpha value is -0.0800. The number of ether oxygens (including phenoxy) is 2. The van der Waals surface area contributed by atoms with Crippen LogP contribution < -0.4 is 0 Å². The fourth-order valence-electron chi connectivity index (χ4n) is 1.11. The first-order chi connectivity index (χ1) is 6.68. The standard InChI is InChI=1S/C12H26O2/c1-5-8-10-13-12(4,7-3)14-11-9-6-2/h5-11H2,1-4H3. The summed E-state index contributed by atoms with van der Waals surface area (Å²) in [6, 6.07) is 0. The van der Waals surface area contributed by atoms with Gasteiger partial charge < -0.3 is 9.47 Å². The molecule has 0 bridgehead atoms. The first kappa shape index (κ1) is 13.9. The van der Waals surface area contributed by atoms with Gasteiger partial charge in [0.2, 0.25) is 0 Å². The molecule has 14 heavy (non-hydrogen) atoms. The molecule has 0 radical (unpaired) electrons. The van der Waals surface area contributed by atoms with Crippen molar-refractivity contribution in [3.8, 4) is 0 Å². The van der Waals surface area contributed by atoms with Crippen LogP contribution in [0.5, 0.6) is 0 Å². The maximum atomic E-state index is 5.74. The van der Waals surface area contributed by atoms with Crippen molar-refractivity contribution in [2.24, 2.45) is 0 Å². The lowest BCUT2D eigenvalue weighted by molar-refractivity contribution is -0.227. The molecule has 0 spiro atoms. The highest BCUT2D eigenvalue weighted by Gasteiger charge is 2.22. The Morgan fingerprint density at radius 1 is 0.857 bits per heavy atom. The van der Waals surface area contributed by atoms with Gasteiger partial charge in [-0.25, -0.2) is 0 Å². The SMILES string of the molecule is CCCCOC(C)(CC)OCCCC. The molecule has 0 aromatic rings. The van der Waals surface area contributed by atoms with E-state index in [2.05, 4.69) is 20.8 Å². The third-order valence-corrected chi connectivity index (χ3v) is 2.45. The van der Waals surface area contributed by atoms with Crippen molar-refractivity contribution in [2.45, 2.75) is 65.6 Å². The normalized spacial score (nSPS) is 12.0. The van der Waals surface area contributed by atoms with Crippen LogP contribution in [0.15, 0.2) is 0 Å².